The van der Waals surface area contributed by atoms with Crippen LogP contribution in [0.1, 0.15) is 31.1 Å². The molecule has 0 aliphatic heterocycles. The normalized spacial score (nSPS) is 15.4. The fourth-order valence-electron chi connectivity index (χ4n) is 1.38. The average molecular weight is 246 g/mol. The molecule has 1 aromatic rings. The van der Waals surface area contributed by atoms with Crippen LogP contribution >= 0.6 is 0 Å². The van der Waals surface area contributed by atoms with Crippen LogP contribution in [0.2, 0.25) is 0 Å². The second-order valence-corrected chi connectivity index (χ2v) is 3.96. The second kappa shape index (κ2) is 4.87. The Morgan fingerprint density at radius 2 is 1.71 bits per heavy atom. The fraction of sp³-hybridized carbons (Fsp3) is 0.417. The Kier molecular flexibility index (Phi) is 3.93. The molecule has 0 spiro atoms. The van der Waals surface area contributed by atoms with Gasteiger partial charge in [-0.25, -0.2) is 0 Å². The number of hydrogen-bond acceptors (Lipinski definition) is 2. The molecule has 5 heteroatoms. The molecular weight excluding hydrogens is 233 g/mol. The second-order valence-electron chi connectivity index (χ2n) is 3.96. The monoisotopic (exact) mass is 246 g/mol. The molecule has 1 rings (SSSR count). The summed E-state index contributed by atoms with van der Waals surface area (Å²) >= 11 is 0. The van der Waals surface area contributed by atoms with Crippen LogP contribution in [-0.4, -0.2) is 10.9 Å². The first kappa shape index (κ1) is 13.7. The number of aliphatic hydroxyl groups is 1. The van der Waals surface area contributed by atoms with Crippen LogP contribution in [0.5, 0.6) is 0 Å². The SMILES string of the molecule is CC(=O)[C@@H](C)[C@@H](O)c1ccc(C(F)(F)F)cc1. The molecular formula is C12H13F3O2. The zero-order valence-corrected chi connectivity index (χ0v) is 9.45. The lowest BCUT2D eigenvalue weighted by Gasteiger charge is -2.17. The highest BCUT2D eigenvalue weighted by molar-refractivity contribution is 5.78. The molecule has 0 saturated heterocycles. The van der Waals surface area contributed by atoms with Gasteiger partial charge in [0.25, 0.3) is 0 Å². The van der Waals surface area contributed by atoms with Gasteiger partial charge in [-0.3, -0.25) is 4.79 Å². The van der Waals surface area contributed by atoms with Crippen molar-refractivity contribution in [2.24, 2.45) is 5.92 Å². The lowest BCUT2D eigenvalue weighted by molar-refractivity contribution is -0.137. The van der Waals surface area contributed by atoms with Gasteiger partial charge >= 0.3 is 6.18 Å². The van der Waals surface area contributed by atoms with Gasteiger partial charge in [0, 0.05) is 5.92 Å². The third-order valence-electron chi connectivity index (χ3n) is 2.69. The lowest BCUT2D eigenvalue weighted by Crippen LogP contribution is -2.16. The van der Waals surface area contributed by atoms with Crippen LogP contribution in [0, 0.1) is 5.92 Å². The highest BCUT2D eigenvalue weighted by Crippen LogP contribution is 2.31. The molecule has 0 radical (unpaired) electrons. The number of hydrogen-bond donors (Lipinski definition) is 1. The molecule has 0 heterocycles. The number of benzene rings is 1. The maximum absolute atomic E-state index is 12.3. The van der Waals surface area contributed by atoms with E-state index >= 15 is 0 Å². The van der Waals surface area contributed by atoms with E-state index in [-0.39, 0.29) is 5.78 Å². The molecule has 0 aromatic heterocycles. The first-order valence-corrected chi connectivity index (χ1v) is 5.09. The Morgan fingerprint density at radius 3 is 2.06 bits per heavy atom. The van der Waals surface area contributed by atoms with E-state index < -0.39 is 23.8 Å². The van der Waals surface area contributed by atoms with Crippen molar-refractivity contribution >= 4 is 5.78 Å². The predicted molar refractivity (Wildman–Crippen MR) is 56.2 cm³/mol. The van der Waals surface area contributed by atoms with Crippen molar-refractivity contribution in [3.63, 3.8) is 0 Å². The average Bonchev–Trinajstić information content (AvgIpc) is 2.26. The van der Waals surface area contributed by atoms with Crippen LogP contribution in [0.25, 0.3) is 0 Å². The maximum atomic E-state index is 12.3. The van der Waals surface area contributed by atoms with E-state index in [2.05, 4.69) is 0 Å². The van der Waals surface area contributed by atoms with E-state index in [0.717, 1.165) is 12.1 Å². The Hall–Kier alpha value is -1.36. The highest BCUT2D eigenvalue weighted by atomic mass is 19.4. The third-order valence-corrected chi connectivity index (χ3v) is 2.69. The van der Waals surface area contributed by atoms with Crippen molar-refractivity contribution in [3.05, 3.63) is 35.4 Å². The Balaban J connectivity index is 2.92. The van der Waals surface area contributed by atoms with E-state index in [1.165, 1.54) is 26.0 Å². The molecule has 0 amide bonds. The number of carbonyl (C=O) groups excluding carboxylic acids is 1. The predicted octanol–water partition coefficient (Wildman–Crippen LogP) is 2.96. The minimum Gasteiger partial charge on any atom is -0.388 e. The Morgan fingerprint density at radius 1 is 1.24 bits per heavy atom. The topological polar surface area (TPSA) is 37.3 Å². The van der Waals surface area contributed by atoms with E-state index in [1.807, 2.05) is 0 Å². The zero-order chi connectivity index (χ0) is 13.2. The summed E-state index contributed by atoms with van der Waals surface area (Å²) in [4.78, 5) is 11.0. The molecule has 0 fully saturated rings. The van der Waals surface area contributed by atoms with Gasteiger partial charge < -0.3 is 5.11 Å². The minimum absolute atomic E-state index is 0.211. The van der Waals surface area contributed by atoms with Crippen molar-refractivity contribution in [2.75, 3.05) is 0 Å². The first-order valence-electron chi connectivity index (χ1n) is 5.09. The molecule has 94 valence electrons. The summed E-state index contributed by atoms with van der Waals surface area (Å²) in [5, 5.41) is 9.75. The molecule has 17 heavy (non-hydrogen) atoms. The van der Waals surface area contributed by atoms with Crippen molar-refractivity contribution in [3.8, 4) is 0 Å². The fourth-order valence-corrected chi connectivity index (χ4v) is 1.38. The number of ketones is 1. The highest BCUT2D eigenvalue weighted by Gasteiger charge is 2.30. The van der Waals surface area contributed by atoms with E-state index in [4.69, 9.17) is 0 Å². The summed E-state index contributed by atoms with van der Waals surface area (Å²) in [7, 11) is 0. The van der Waals surface area contributed by atoms with Crippen LogP contribution in [0.3, 0.4) is 0 Å². The Bertz CT molecular complexity index is 395. The van der Waals surface area contributed by atoms with Crippen molar-refractivity contribution in [1.82, 2.24) is 0 Å². The molecule has 0 bridgehead atoms. The summed E-state index contributed by atoms with van der Waals surface area (Å²) in [6, 6.07) is 4.16. The molecule has 2 atom stereocenters. The third kappa shape index (κ3) is 3.30. The first-order chi connectivity index (χ1) is 7.73. The number of Topliss-reactive ketones (excluding diaryl/α,β-unsaturated/α-hetero) is 1. The molecule has 1 aromatic carbocycles. The summed E-state index contributed by atoms with van der Waals surface area (Å²) in [6.45, 7) is 2.86. The quantitative estimate of drug-likeness (QED) is 0.890. The van der Waals surface area contributed by atoms with Gasteiger partial charge in [0.1, 0.15) is 5.78 Å². The summed E-state index contributed by atoms with van der Waals surface area (Å²) < 4.78 is 36.9. The smallest absolute Gasteiger partial charge is 0.388 e. The van der Waals surface area contributed by atoms with Crippen molar-refractivity contribution in [2.45, 2.75) is 26.1 Å². The minimum atomic E-state index is -4.39. The lowest BCUT2D eigenvalue weighted by atomic mass is 9.94. The van der Waals surface area contributed by atoms with E-state index in [1.54, 1.807) is 0 Å². The van der Waals surface area contributed by atoms with Gasteiger partial charge in [-0.2, -0.15) is 13.2 Å². The largest absolute Gasteiger partial charge is 0.416 e. The van der Waals surface area contributed by atoms with Gasteiger partial charge in [-0.05, 0) is 24.6 Å². The molecule has 0 unspecified atom stereocenters. The van der Waals surface area contributed by atoms with E-state index in [9.17, 15) is 23.1 Å². The van der Waals surface area contributed by atoms with Crippen molar-refractivity contribution in [1.29, 1.82) is 0 Å². The summed E-state index contributed by atoms with van der Waals surface area (Å²) in [5.74, 6) is -0.843. The number of aliphatic hydroxyl groups excluding tert-OH is 1. The Labute approximate surface area is 97.1 Å². The molecule has 2 nitrogen and oxygen atoms in total. The zero-order valence-electron chi connectivity index (χ0n) is 9.45. The van der Waals surface area contributed by atoms with Crippen LogP contribution in [-0.2, 0) is 11.0 Å². The number of alkyl halides is 3. The van der Waals surface area contributed by atoms with E-state index in [0.29, 0.717) is 5.56 Å². The van der Waals surface area contributed by atoms with Crippen molar-refractivity contribution < 1.29 is 23.1 Å². The number of halogens is 3. The summed E-state index contributed by atoms with van der Waals surface area (Å²) in [5.41, 5.74) is -0.468. The molecule has 0 aliphatic carbocycles. The molecule has 0 aliphatic rings. The van der Waals surface area contributed by atoms with Gasteiger partial charge in [0.15, 0.2) is 0 Å². The van der Waals surface area contributed by atoms with Gasteiger partial charge in [-0.1, -0.05) is 19.1 Å². The van der Waals surface area contributed by atoms with Gasteiger partial charge in [-0.15, -0.1) is 0 Å². The van der Waals surface area contributed by atoms with Gasteiger partial charge in [0.2, 0.25) is 0 Å². The standard InChI is InChI=1S/C12H13F3O2/c1-7(8(2)16)11(17)9-3-5-10(6-4-9)12(13,14)15/h3-7,11,17H,1-2H3/t7-,11-/m1/s1. The molecule has 0 saturated carbocycles. The van der Waals surface area contributed by atoms with Crippen LogP contribution < -0.4 is 0 Å². The maximum Gasteiger partial charge on any atom is 0.416 e. The molecule has 1 N–H and O–H groups in total. The van der Waals surface area contributed by atoms with Gasteiger partial charge in [0.05, 0.1) is 11.7 Å². The van der Waals surface area contributed by atoms with Crippen LogP contribution in [0.4, 0.5) is 13.2 Å². The summed E-state index contributed by atoms with van der Waals surface area (Å²) in [6.07, 6.45) is -5.47. The van der Waals surface area contributed by atoms with Crippen LogP contribution in [0.15, 0.2) is 24.3 Å². The number of carbonyl (C=O) groups is 1. The number of rotatable bonds is 3.